The van der Waals surface area contributed by atoms with E-state index in [0.29, 0.717) is 11.5 Å². The smallest absolute Gasteiger partial charge is 0.149 e. The zero-order valence-electron chi connectivity index (χ0n) is 10.7. The first-order valence-corrected chi connectivity index (χ1v) is 5.85. The molecule has 94 valence electrons. The van der Waals surface area contributed by atoms with Crippen LogP contribution < -0.4 is 16.4 Å². The standard InChI is InChI=1S/C14H18N4/c1-10-3-5-11(6-4-10)9-18(2)13-8-7-12(15)14(16)17-13/h3-8H,9,15H2,1-2H3,(H2,16,17). The van der Waals surface area contributed by atoms with Gasteiger partial charge in [0.2, 0.25) is 0 Å². The van der Waals surface area contributed by atoms with Crippen LogP contribution >= 0.6 is 0 Å². The minimum absolute atomic E-state index is 0.378. The molecule has 0 atom stereocenters. The van der Waals surface area contributed by atoms with Gasteiger partial charge in [0.15, 0.2) is 0 Å². The Labute approximate surface area is 107 Å². The molecule has 1 aromatic carbocycles. The highest BCUT2D eigenvalue weighted by atomic mass is 15.2. The van der Waals surface area contributed by atoms with Crippen molar-refractivity contribution in [2.45, 2.75) is 13.5 Å². The highest BCUT2D eigenvalue weighted by Gasteiger charge is 2.05. The van der Waals surface area contributed by atoms with Crippen LogP contribution in [0.15, 0.2) is 36.4 Å². The van der Waals surface area contributed by atoms with Crippen LogP contribution in [0, 0.1) is 6.92 Å². The van der Waals surface area contributed by atoms with Gasteiger partial charge in [0.1, 0.15) is 11.6 Å². The molecular weight excluding hydrogens is 224 g/mol. The van der Waals surface area contributed by atoms with Gasteiger partial charge in [0, 0.05) is 13.6 Å². The molecule has 0 bridgehead atoms. The van der Waals surface area contributed by atoms with Gasteiger partial charge in [-0.25, -0.2) is 4.98 Å². The summed E-state index contributed by atoms with van der Waals surface area (Å²) in [5, 5.41) is 0. The summed E-state index contributed by atoms with van der Waals surface area (Å²) in [5.41, 5.74) is 14.4. The zero-order chi connectivity index (χ0) is 13.1. The summed E-state index contributed by atoms with van der Waals surface area (Å²) in [6.07, 6.45) is 0. The Kier molecular flexibility index (Phi) is 3.37. The van der Waals surface area contributed by atoms with E-state index < -0.39 is 0 Å². The number of aryl methyl sites for hydroxylation is 1. The van der Waals surface area contributed by atoms with E-state index in [1.165, 1.54) is 11.1 Å². The number of rotatable bonds is 3. The fourth-order valence-electron chi connectivity index (χ4n) is 1.74. The van der Waals surface area contributed by atoms with Gasteiger partial charge < -0.3 is 16.4 Å². The van der Waals surface area contributed by atoms with Crippen LogP contribution in [-0.2, 0) is 6.54 Å². The molecule has 1 aromatic heterocycles. The molecule has 1 heterocycles. The number of nitrogen functional groups attached to an aromatic ring is 2. The summed E-state index contributed by atoms with van der Waals surface area (Å²) in [7, 11) is 1.98. The number of anilines is 3. The maximum atomic E-state index is 5.71. The molecule has 0 unspecified atom stereocenters. The molecule has 0 radical (unpaired) electrons. The van der Waals surface area contributed by atoms with Gasteiger partial charge in [0.05, 0.1) is 5.69 Å². The second-order valence-corrected chi connectivity index (χ2v) is 4.49. The minimum atomic E-state index is 0.378. The molecule has 0 aliphatic heterocycles. The molecule has 18 heavy (non-hydrogen) atoms. The van der Waals surface area contributed by atoms with Crippen LogP contribution in [0.5, 0.6) is 0 Å². The summed E-state index contributed by atoms with van der Waals surface area (Å²) in [6, 6.07) is 12.1. The van der Waals surface area contributed by atoms with Crippen LogP contribution in [0.1, 0.15) is 11.1 Å². The van der Waals surface area contributed by atoms with Gasteiger partial charge in [-0.1, -0.05) is 29.8 Å². The third-order valence-corrected chi connectivity index (χ3v) is 2.87. The van der Waals surface area contributed by atoms with E-state index >= 15 is 0 Å². The van der Waals surface area contributed by atoms with Crippen molar-refractivity contribution in [2.24, 2.45) is 0 Å². The lowest BCUT2D eigenvalue weighted by Crippen LogP contribution is -2.18. The Bertz CT molecular complexity index is 534. The molecule has 0 fully saturated rings. The second-order valence-electron chi connectivity index (χ2n) is 4.49. The SMILES string of the molecule is Cc1ccc(CN(C)c2ccc(N)c(N)n2)cc1. The molecular formula is C14H18N4. The van der Waals surface area contributed by atoms with Gasteiger partial charge in [-0.2, -0.15) is 0 Å². The largest absolute Gasteiger partial charge is 0.396 e. The average Bonchev–Trinajstić information content (AvgIpc) is 2.35. The van der Waals surface area contributed by atoms with Gasteiger partial charge in [-0.05, 0) is 24.6 Å². The molecule has 0 aliphatic rings. The molecule has 4 N–H and O–H groups in total. The number of pyridine rings is 1. The number of hydrogen-bond donors (Lipinski definition) is 2. The second kappa shape index (κ2) is 4.96. The van der Waals surface area contributed by atoms with E-state index in [-0.39, 0.29) is 0 Å². The lowest BCUT2D eigenvalue weighted by atomic mass is 10.1. The average molecular weight is 242 g/mol. The molecule has 0 spiro atoms. The third kappa shape index (κ3) is 2.71. The van der Waals surface area contributed by atoms with Crippen LogP contribution in [0.4, 0.5) is 17.3 Å². The fraction of sp³-hybridized carbons (Fsp3) is 0.214. The maximum absolute atomic E-state index is 5.71. The monoisotopic (exact) mass is 242 g/mol. The summed E-state index contributed by atoms with van der Waals surface area (Å²) >= 11 is 0. The quantitative estimate of drug-likeness (QED) is 0.865. The first-order valence-electron chi connectivity index (χ1n) is 5.85. The van der Waals surface area contributed by atoms with Crippen molar-refractivity contribution >= 4 is 17.3 Å². The first-order chi connectivity index (χ1) is 8.56. The molecule has 2 aromatic rings. The van der Waals surface area contributed by atoms with Gasteiger partial charge >= 0.3 is 0 Å². The molecule has 0 amide bonds. The molecule has 2 rings (SSSR count). The third-order valence-electron chi connectivity index (χ3n) is 2.87. The Hall–Kier alpha value is -2.23. The number of nitrogens with zero attached hydrogens (tertiary/aromatic N) is 2. The predicted octanol–water partition coefficient (Wildman–Crippen LogP) is 2.19. The molecule has 4 nitrogen and oxygen atoms in total. The Morgan fingerprint density at radius 2 is 1.72 bits per heavy atom. The van der Waals surface area contributed by atoms with Crippen LogP contribution in [0.2, 0.25) is 0 Å². The van der Waals surface area contributed by atoms with Crippen molar-refractivity contribution in [3.63, 3.8) is 0 Å². The van der Waals surface area contributed by atoms with E-state index in [2.05, 4.69) is 36.2 Å². The Morgan fingerprint density at radius 1 is 1.06 bits per heavy atom. The number of benzene rings is 1. The van der Waals surface area contributed by atoms with E-state index in [0.717, 1.165) is 12.4 Å². The molecule has 0 aliphatic carbocycles. The lowest BCUT2D eigenvalue weighted by molar-refractivity contribution is 0.899. The van der Waals surface area contributed by atoms with E-state index in [1.807, 2.05) is 18.0 Å². The first kappa shape index (κ1) is 12.2. The fourth-order valence-corrected chi connectivity index (χ4v) is 1.74. The summed E-state index contributed by atoms with van der Waals surface area (Å²) < 4.78 is 0. The van der Waals surface area contributed by atoms with Gasteiger partial charge in [-0.3, -0.25) is 0 Å². The number of hydrogen-bond acceptors (Lipinski definition) is 4. The van der Waals surface area contributed by atoms with Gasteiger partial charge in [0.25, 0.3) is 0 Å². The topological polar surface area (TPSA) is 68.2 Å². The summed E-state index contributed by atoms with van der Waals surface area (Å²) in [5.74, 6) is 1.20. The number of aromatic nitrogens is 1. The van der Waals surface area contributed by atoms with E-state index in [9.17, 15) is 0 Å². The van der Waals surface area contributed by atoms with Crippen molar-refractivity contribution in [3.8, 4) is 0 Å². The summed E-state index contributed by atoms with van der Waals surface area (Å²) in [4.78, 5) is 6.31. The molecule has 0 saturated heterocycles. The molecule has 0 saturated carbocycles. The molecule has 4 heteroatoms. The van der Waals surface area contributed by atoms with Crippen molar-refractivity contribution in [3.05, 3.63) is 47.5 Å². The Morgan fingerprint density at radius 3 is 2.33 bits per heavy atom. The van der Waals surface area contributed by atoms with Crippen LogP contribution in [-0.4, -0.2) is 12.0 Å². The minimum Gasteiger partial charge on any atom is -0.396 e. The van der Waals surface area contributed by atoms with E-state index in [4.69, 9.17) is 11.5 Å². The highest BCUT2D eigenvalue weighted by molar-refractivity contribution is 5.62. The predicted molar refractivity (Wildman–Crippen MR) is 76.3 cm³/mol. The normalized spacial score (nSPS) is 10.3. The Balaban J connectivity index is 2.13. The van der Waals surface area contributed by atoms with Crippen LogP contribution in [0.3, 0.4) is 0 Å². The van der Waals surface area contributed by atoms with Crippen molar-refractivity contribution in [2.75, 3.05) is 23.4 Å². The van der Waals surface area contributed by atoms with Crippen molar-refractivity contribution in [1.82, 2.24) is 4.98 Å². The highest BCUT2D eigenvalue weighted by Crippen LogP contribution is 2.19. The maximum Gasteiger partial charge on any atom is 0.149 e. The lowest BCUT2D eigenvalue weighted by Gasteiger charge is -2.19. The van der Waals surface area contributed by atoms with Gasteiger partial charge in [-0.15, -0.1) is 0 Å². The zero-order valence-corrected chi connectivity index (χ0v) is 10.7. The summed E-state index contributed by atoms with van der Waals surface area (Å²) in [6.45, 7) is 2.87. The van der Waals surface area contributed by atoms with E-state index in [1.54, 1.807) is 6.07 Å². The van der Waals surface area contributed by atoms with Crippen molar-refractivity contribution < 1.29 is 0 Å². The van der Waals surface area contributed by atoms with Crippen molar-refractivity contribution in [1.29, 1.82) is 0 Å². The van der Waals surface area contributed by atoms with Crippen LogP contribution in [0.25, 0.3) is 0 Å². The number of nitrogens with two attached hydrogens (primary N) is 2.